The Morgan fingerprint density at radius 2 is 1.42 bits per heavy atom. The molecule has 5 rings (SSSR count). The summed E-state index contributed by atoms with van der Waals surface area (Å²) in [6.07, 6.45) is 1.46. The lowest BCUT2D eigenvalue weighted by Gasteiger charge is -2.34. The number of fused-ring (bicyclic) bond motifs is 1. The molecule has 2 aromatic carbocycles. The molecule has 4 aromatic rings. The van der Waals surface area contributed by atoms with Crippen molar-refractivity contribution in [1.29, 1.82) is 0 Å². The molecule has 2 amide bonds. The van der Waals surface area contributed by atoms with E-state index in [0.29, 0.717) is 42.5 Å². The molecule has 0 bridgehead atoms. The van der Waals surface area contributed by atoms with Crippen LogP contribution in [0.1, 0.15) is 26.7 Å². The summed E-state index contributed by atoms with van der Waals surface area (Å²) in [5.41, 5.74) is 1.95. The number of carbonyl (C=O) groups excluding carboxylic acids is 2. The molecule has 3 heterocycles. The Labute approximate surface area is 189 Å². The molecule has 2 aromatic heterocycles. The molecule has 166 valence electrons. The number of piperazine rings is 1. The summed E-state index contributed by atoms with van der Waals surface area (Å²) < 4.78 is 10.8. The predicted molar refractivity (Wildman–Crippen MR) is 123 cm³/mol. The first-order chi connectivity index (χ1) is 16.0. The molecule has 0 N–H and O–H groups in total. The fourth-order valence-electron chi connectivity index (χ4n) is 4.17. The van der Waals surface area contributed by atoms with Crippen molar-refractivity contribution in [2.45, 2.75) is 6.92 Å². The van der Waals surface area contributed by atoms with Crippen LogP contribution >= 0.6 is 0 Å². The molecular weight excluding hydrogens is 420 g/mol. The van der Waals surface area contributed by atoms with Gasteiger partial charge in [-0.2, -0.15) is 0 Å². The molecule has 33 heavy (non-hydrogen) atoms. The maximum Gasteiger partial charge on any atom is 0.344 e. The van der Waals surface area contributed by atoms with E-state index >= 15 is 0 Å². The van der Waals surface area contributed by atoms with Gasteiger partial charge in [-0.05, 0) is 30.7 Å². The van der Waals surface area contributed by atoms with Gasteiger partial charge in [0.2, 0.25) is 5.76 Å². The molecule has 0 unspecified atom stereocenters. The number of carbonyl (C=O) groups is 2. The third-order valence-electron chi connectivity index (χ3n) is 5.96. The molecule has 0 saturated carbocycles. The van der Waals surface area contributed by atoms with Crippen molar-refractivity contribution in [3.8, 4) is 11.1 Å². The van der Waals surface area contributed by atoms with Gasteiger partial charge in [0, 0.05) is 37.1 Å². The number of amides is 2. The Bertz CT molecular complexity index is 1380. The van der Waals surface area contributed by atoms with E-state index in [1.165, 1.54) is 6.26 Å². The number of furan rings is 1. The van der Waals surface area contributed by atoms with Crippen molar-refractivity contribution in [2.75, 3.05) is 26.2 Å². The minimum Gasteiger partial charge on any atom is -0.459 e. The SMILES string of the molecule is Cc1ccc(-c2c(C(=O)N3CCN(C(=O)c4ccco4)CC3)oc(=O)c3ccccc23)cc1. The lowest BCUT2D eigenvalue weighted by Crippen LogP contribution is -2.50. The van der Waals surface area contributed by atoms with Gasteiger partial charge < -0.3 is 18.6 Å². The molecule has 0 aliphatic carbocycles. The third-order valence-corrected chi connectivity index (χ3v) is 5.96. The first kappa shape index (κ1) is 20.8. The summed E-state index contributed by atoms with van der Waals surface area (Å²) in [5, 5.41) is 1.10. The second kappa shape index (κ2) is 8.43. The van der Waals surface area contributed by atoms with Crippen LogP contribution in [-0.2, 0) is 0 Å². The fourth-order valence-corrected chi connectivity index (χ4v) is 4.17. The zero-order valence-corrected chi connectivity index (χ0v) is 18.1. The second-order valence-electron chi connectivity index (χ2n) is 8.07. The number of aryl methyl sites for hydroxylation is 1. The van der Waals surface area contributed by atoms with Crippen molar-refractivity contribution in [3.05, 3.63) is 94.4 Å². The van der Waals surface area contributed by atoms with E-state index in [4.69, 9.17) is 8.83 Å². The molecular formula is C26H22N2O5. The summed E-state index contributed by atoms with van der Waals surface area (Å²) >= 11 is 0. The van der Waals surface area contributed by atoms with E-state index in [2.05, 4.69) is 0 Å². The maximum atomic E-state index is 13.5. The van der Waals surface area contributed by atoms with Crippen LogP contribution < -0.4 is 5.63 Å². The predicted octanol–water partition coefficient (Wildman–Crippen LogP) is 3.96. The first-order valence-corrected chi connectivity index (χ1v) is 10.8. The van der Waals surface area contributed by atoms with Gasteiger partial charge in [-0.15, -0.1) is 0 Å². The van der Waals surface area contributed by atoms with Gasteiger partial charge in [0.05, 0.1) is 11.6 Å². The van der Waals surface area contributed by atoms with Crippen LogP contribution in [0.15, 0.2) is 80.6 Å². The summed E-state index contributed by atoms with van der Waals surface area (Å²) in [6, 6.07) is 18.2. The number of rotatable bonds is 3. The van der Waals surface area contributed by atoms with Gasteiger partial charge in [-0.1, -0.05) is 48.0 Å². The van der Waals surface area contributed by atoms with E-state index < -0.39 is 5.63 Å². The lowest BCUT2D eigenvalue weighted by atomic mass is 9.97. The standard InChI is InChI=1S/C26H22N2O5/c1-17-8-10-18(11-9-17)22-19-5-2-3-6-20(19)26(31)33-23(22)25(30)28-14-12-27(13-15-28)24(29)21-7-4-16-32-21/h2-11,16H,12-15H2,1H3. The molecule has 7 nitrogen and oxygen atoms in total. The Morgan fingerprint density at radius 3 is 2.06 bits per heavy atom. The van der Waals surface area contributed by atoms with Gasteiger partial charge in [0.1, 0.15) is 0 Å². The molecule has 0 radical (unpaired) electrons. The largest absolute Gasteiger partial charge is 0.459 e. The minimum atomic E-state index is -0.545. The highest BCUT2D eigenvalue weighted by Gasteiger charge is 2.30. The smallest absolute Gasteiger partial charge is 0.344 e. The lowest BCUT2D eigenvalue weighted by molar-refractivity contribution is 0.0500. The molecule has 0 atom stereocenters. The van der Waals surface area contributed by atoms with Gasteiger partial charge >= 0.3 is 5.63 Å². The average molecular weight is 442 g/mol. The highest BCUT2D eigenvalue weighted by molar-refractivity contribution is 6.07. The van der Waals surface area contributed by atoms with Crippen LogP contribution in [0.2, 0.25) is 0 Å². The van der Waals surface area contributed by atoms with Crippen molar-refractivity contribution in [2.24, 2.45) is 0 Å². The normalized spacial score (nSPS) is 14.0. The highest BCUT2D eigenvalue weighted by Crippen LogP contribution is 2.32. The van der Waals surface area contributed by atoms with Crippen molar-refractivity contribution in [1.82, 2.24) is 9.80 Å². The molecule has 0 spiro atoms. The Morgan fingerprint density at radius 1 is 0.788 bits per heavy atom. The molecule has 1 saturated heterocycles. The zero-order chi connectivity index (χ0) is 22.9. The Hall–Kier alpha value is -4.13. The Kier molecular flexibility index (Phi) is 5.30. The molecule has 1 aliphatic heterocycles. The van der Waals surface area contributed by atoms with Crippen molar-refractivity contribution >= 4 is 22.6 Å². The monoisotopic (exact) mass is 442 g/mol. The highest BCUT2D eigenvalue weighted by atomic mass is 16.4. The summed E-state index contributed by atoms with van der Waals surface area (Å²) in [4.78, 5) is 42.0. The number of hydrogen-bond donors (Lipinski definition) is 0. The van der Waals surface area contributed by atoms with Crippen LogP contribution in [0, 0.1) is 6.92 Å². The number of hydrogen-bond acceptors (Lipinski definition) is 5. The van der Waals surface area contributed by atoms with Crippen molar-refractivity contribution < 1.29 is 18.4 Å². The van der Waals surface area contributed by atoms with E-state index in [1.807, 2.05) is 43.3 Å². The van der Waals surface area contributed by atoms with Gasteiger partial charge in [0.15, 0.2) is 5.76 Å². The average Bonchev–Trinajstić information content (AvgIpc) is 3.39. The van der Waals surface area contributed by atoms with Crippen LogP contribution in [0.25, 0.3) is 21.9 Å². The van der Waals surface area contributed by atoms with E-state index in [9.17, 15) is 14.4 Å². The van der Waals surface area contributed by atoms with Crippen molar-refractivity contribution in [3.63, 3.8) is 0 Å². The van der Waals surface area contributed by atoms with E-state index in [1.54, 1.807) is 34.1 Å². The summed E-state index contributed by atoms with van der Waals surface area (Å²) in [5.74, 6) is -0.270. The van der Waals surface area contributed by atoms with Crippen LogP contribution in [0.5, 0.6) is 0 Å². The third kappa shape index (κ3) is 3.82. The molecule has 7 heteroatoms. The fraction of sp³-hybridized carbons (Fsp3) is 0.192. The number of nitrogens with zero attached hydrogens (tertiary/aromatic N) is 2. The van der Waals surface area contributed by atoms with Gasteiger partial charge in [-0.3, -0.25) is 9.59 Å². The van der Waals surface area contributed by atoms with E-state index in [-0.39, 0.29) is 23.3 Å². The Balaban J connectivity index is 1.49. The maximum absolute atomic E-state index is 13.5. The molecule has 1 aliphatic rings. The van der Waals surface area contributed by atoms with Gasteiger partial charge in [-0.25, -0.2) is 4.79 Å². The number of benzene rings is 2. The van der Waals surface area contributed by atoms with E-state index in [0.717, 1.165) is 11.1 Å². The topological polar surface area (TPSA) is 84.0 Å². The quantitative estimate of drug-likeness (QED) is 0.480. The molecule has 1 fully saturated rings. The summed E-state index contributed by atoms with van der Waals surface area (Å²) in [6.45, 7) is 3.37. The second-order valence-corrected chi connectivity index (χ2v) is 8.07. The summed E-state index contributed by atoms with van der Waals surface area (Å²) in [7, 11) is 0. The first-order valence-electron chi connectivity index (χ1n) is 10.8. The van der Waals surface area contributed by atoms with Crippen LogP contribution in [-0.4, -0.2) is 47.8 Å². The minimum absolute atomic E-state index is 0.0216. The van der Waals surface area contributed by atoms with Crippen LogP contribution in [0.3, 0.4) is 0 Å². The van der Waals surface area contributed by atoms with Gasteiger partial charge in [0.25, 0.3) is 11.8 Å². The zero-order valence-electron chi connectivity index (χ0n) is 18.1. The van der Waals surface area contributed by atoms with Crippen LogP contribution in [0.4, 0.5) is 0 Å².